The van der Waals surface area contributed by atoms with Crippen LogP contribution in [0.3, 0.4) is 0 Å². The Morgan fingerprint density at radius 1 is 1.47 bits per heavy atom. The SMILES string of the molecule is Cc1cc(OCCN(C)C)c(C(N)=S)c(C)n1. The maximum atomic E-state index is 5.72. The molecule has 0 atom stereocenters. The van der Waals surface area contributed by atoms with Crippen molar-refractivity contribution < 1.29 is 4.74 Å². The van der Waals surface area contributed by atoms with Crippen molar-refractivity contribution in [3.05, 3.63) is 23.0 Å². The minimum Gasteiger partial charge on any atom is -0.491 e. The third-order valence-corrected chi connectivity index (χ3v) is 2.54. The van der Waals surface area contributed by atoms with Crippen molar-refractivity contribution in [1.29, 1.82) is 0 Å². The molecule has 94 valence electrons. The van der Waals surface area contributed by atoms with Gasteiger partial charge in [-0.05, 0) is 27.9 Å². The molecule has 0 spiro atoms. The molecular formula is C12H19N3OS. The van der Waals surface area contributed by atoms with Gasteiger partial charge in [0.25, 0.3) is 0 Å². The van der Waals surface area contributed by atoms with Crippen LogP contribution >= 0.6 is 12.2 Å². The average Bonchev–Trinajstić information content (AvgIpc) is 2.14. The van der Waals surface area contributed by atoms with Crippen LogP contribution in [0.15, 0.2) is 6.07 Å². The number of nitrogens with zero attached hydrogens (tertiary/aromatic N) is 2. The van der Waals surface area contributed by atoms with Crippen molar-refractivity contribution >= 4 is 17.2 Å². The lowest BCUT2D eigenvalue weighted by molar-refractivity contribution is 0.260. The van der Waals surface area contributed by atoms with Gasteiger partial charge in [-0.25, -0.2) is 0 Å². The van der Waals surface area contributed by atoms with E-state index in [0.717, 1.165) is 29.2 Å². The molecule has 2 N–H and O–H groups in total. The van der Waals surface area contributed by atoms with Crippen molar-refractivity contribution in [3.63, 3.8) is 0 Å². The first-order chi connectivity index (χ1) is 7.91. The highest BCUT2D eigenvalue weighted by Crippen LogP contribution is 2.22. The predicted octanol–water partition coefficient (Wildman–Crippen LogP) is 1.27. The molecule has 1 heterocycles. The summed E-state index contributed by atoms with van der Waals surface area (Å²) in [5, 5.41) is 0. The zero-order valence-corrected chi connectivity index (χ0v) is 11.6. The van der Waals surface area contributed by atoms with Crippen molar-refractivity contribution in [2.24, 2.45) is 5.73 Å². The number of pyridine rings is 1. The number of rotatable bonds is 5. The minimum absolute atomic E-state index is 0.329. The number of ether oxygens (including phenoxy) is 1. The monoisotopic (exact) mass is 253 g/mol. The molecule has 4 nitrogen and oxygen atoms in total. The molecule has 0 aliphatic heterocycles. The third kappa shape index (κ3) is 3.94. The van der Waals surface area contributed by atoms with Gasteiger partial charge in [-0.1, -0.05) is 12.2 Å². The van der Waals surface area contributed by atoms with Crippen molar-refractivity contribution in [3.8, 4) is 5.75 Å². The van der Waals surface area contributed by atoms with E-state index in [0.29, 0.717) is 11.6 Å². The van der Waals surface area contributed by atoms with E-state index < -0.39 is 0 Å². The van der Waals surface area contributed by atoms with Gasteiger partial charge in [0, 0.05) is 18.3 Å². The van der Waals surface area contributed by atoms with E-state index in [1.807, 2.05) is 34.0 Å². The van der Waals surface area contributed by atoms with E-state index in [1.165, 1.54) is 0 Å². The summed E-state index contributed by atoms with van der Waals surface area (Å²) in [6.07, 6.45) is 0. The molecule has 0 aliphatic carbocycles. The number of aromatic nitrogens is 1. The number of likely N-dealkylation sites (N-methyl/N-ethyl adjacent to an activating group) is 1. The molecule has 0 bridgehead atoms. The first kappa shape index (κ1) is 13.9. The summed E-state index contributed by atoms with van der Waals surface area (Å²) in [4.78, 5) is 6.73. The summed E-state index contributed by atoms with van der Waals surface area (Å²) in [5.41, 5.74) is 8.16. The van der Waals surface area contributed by atoms with E-state index in [4.69, 9.17) is 22.7 Å². The highest BCUT2D eigenvalue weighted by Gasteiger charge is 2.12. The predicted molar refractivity (Wildman–Crippen MR) is 73.6 cm³/mol. The molecule has 5 heteroatoms. The van der Waals surface area contributed by atoms with Crippen LogP contribution in [0.2, 0.25) is 0 Å². The lowest BCUT2D eigenvalue weighted by Gasteiger charge is -2.15. The zero-order valence-electron chi connectivity index (χ0n) is 10.8. The van der Waals surface area contributed by atoms with E-state index >= 15 is 0 Å². The Morgan fingerprint density at radius 3 is 2.65 bits per heavy atom. The molecule has 0 aliphatic rings. The molecule has 0 fully saturated rings. The summed E-state index contributed by atoms with van der Waals surface area (Å²) in [5.74, 6) is 0.726. The molecule has 0 saturated carbocycles. The Bertz CT molecular complexity index is 418. The Morgan fingerprint density at radius 2 is 2.12 bits per heavy atom. The van der Waals surface area contributed by atoms with Crippen LogP contribution in [0.1, 0.15) is 17.0 Å². The van der Waals surface area contributed by atoms with Gasteiger partial charge < -0.3 is 15.4 Å². The van der Waals surface area contributed by atoms with Crippen molar-refractivity contribution in [2.75, 3.05) is 27.2 Å². The molecule has 1 aromatic rings. The average molecular weight is 253 g/mol. The molecule has 1 rings (SSSR count). The molecule has 0 saturated heterocycles. The van der Waals surface area contributed by atoms with Crippen LogP contribution in [0.4, 0.5) is 0 Å². The van der Waals surface area contributed by atoms with Crippen LogP contribution in [-0.2, 0) is 0 Å². The fourth-order valence-corrected chi connectivity index (χ4v) is 1.79. The van der Waals surface area contributed by atoms with Gasteiger partial charge in [-0.2, -0.15) is 0 Å². The standard InChI is InChI=1S/C12H19N3OS/c1-8-7-10(16-6-5-15(3)4)11(12(13)17)9(2)14-8/h7H,5-6H2,1-4H3,(H2,13,17). The van der Waals surface area contributed by atoms with Crippen LogP contribution < -0.4 is 10.5 Å². The summed E-state index contributed by atoms with van der Waals surface area (Å²) in [6.45, 7) is 5.26. The maximum Gasteiger partial charge on any atom is 0.133 e. The summed E-state index contributed by atoms with van der Waals surface area (Å²) >= 11 is 5.03. The lowest BCUT2D eigenvalue weighted by atomic mass is 10.1. The molecule has 1 aromatic heterocycles. The second-order valence-electron chi connectivity index (χ2n) is 4.24. The van der Waals surface area contributed by atoms with Gasteiger partial charge in [-0.15, -0.1) is 0 Å². The van der Waals surface area contributed by atoms with Crippen LogP contribution in [0.25, 0.3) is 0 Å². The van der Waals surface area contributed by atoms with Gasteiger partial charge in [-0.3, -0.25) is 4.98 Å². The first-order valence-electron chi connectivity index (χ1n) is 5.47. The van der Waals surface area contributed by atoms with Crippen LogP contribution in [0.5, 0.6) is 5.75 Å². The summed E-state index contributed by atoms with van der Waals surface area (Å²) in [7, 11) is 4.00. The molecule has 17 heavy (non-hydrogen) atoms. The quantitative estimate of drug-likeness (QED) is 0.801. The van der Waals surface area contributed by atoms with Crippen molar-refractivity contribution in [2.45, 2.75) is 13.8 Å². The molecule has 0 unspecified atom stereocenters. The second-order valence-corrected chi connectivity index (χ2v) is 4.68. The largest absolute Gasteiger partial charge is 0.491 e. The molecular weight excluding hydrogens is 234 g/mol. The number of aryl methyl sites for hydroxylation is 2. The normalized spacial score (nSPS) is 10.6. The van der Waals surface area contributed by atoms with Crippen LogP contribution in [-0.4, -0.2) is 42.1 Å². The Hall–Kier alpha value is -1.20. The first-order valence-corrected chi connectivity index (χ1v) is 5.88. The minimum atomic E-state index is 0.329. The van der Waals surface area contributed by atoms with E-state index in [9.17, 15) is 0 Å². The fraction of sp³-hybridized carbons (Fsp3) is 0.500. The van der Waals surface area contributed by atoms with Crippen LogP contribution in [0, 0.1) is 13.8 Å². The summed E-state index contributed by atoms with van der Waals surface area (Å²) in [6, 6.07) is 1.87. The van der Waals surface area contributed by atoms with Gasteiger partial charge >= 0.3 is 0 Å². The second kappa shape index (κ2) is 5.93. The molecule has 0 aromatic carbocycles. The maximum absolute atomic E-state index is 5.72. The number of nitrogens with two attached hydrogens (primary N) is 1. The summed E-state index contributed by atoms with van der Waals surface area (Å²) < 4.78 is 5.72. The smallest absolute Gasteiger partial charge is 0.133 e. The number of thiocarbonyl (C=S) groups is 1. The van der Waals surface area contributed by atoms with Gasteiger partial charge in [0.2, 0.25) is 0 Å². The van der Waals surface area contributed by atoms with E-state index in [1.54, 1.807) is 0 Å². The van der Waals surface area contributed by atoms with Gasteiger partial charge in [0.15, 0.2) is 0 Å². The molecule has 0 amide bonds. The molecule has 0 radical (unpaired) electrons. The van der Waals surface area contributed by atoms with E-state index in [-0.39, 0.29) is 0 Å². The lowest BCUT2D eigenvalue weighted by Crippen LogP contribution is -2.21. The Balaban J connectivity index is 2.92. The Labute approximate surface area is 108 Å². The van der Waals surface area contributed by atoms with E-state index in [2.05, 4.69) is 9.88 Å². The number of hydrogen-bond donors (Lipinski definition) is 1. The highest BCUT2D eigenvalue weighted by atomic mass is 32.1. The number of hydrogen-bond acceptors (Lipinski definition) is 4. The highest BCUT2D eigenvalue weighted by molar-refractivity contribution is 7.80. The zero-order chi connectivity index (χ0) is 13.0. The fourth-order valence-electron chi connectivity index (χ4n) is 1.54. The van der Waals surface area contributed by atoms with Gasteiger partial charge in [0.1, 0.15) is 17.3 Å². The third-order valence-electron chi connectivity index (χ3n) is 2.33. The van der Waals surface area contributed by atoms with Gasteiger partial charge in [0.05, 0.1) is 11.3 Å². The topological polar surface area (TPSA) is 51.4 Å². The Kier molecular flexibility index (Phi) is 4.84. The van der Waals surface area contributed by atoms with Crippen molar-refractivity contribution in [1.82, 2.24) is 9.88 Å².